The molecule has 0 aromatic heterocycles. The summed E-state index contributed by atoms with van der Waals surface area (Å²) >= 11 is 0. The van der Waals surface area contributed by atoms with E-state index < -0.39 is 17.7 Å². The Hall–Kier alpha value is -1.19. The topological polar surface area (TPSA) is 60.4 Å². The lowest BCUT2D eigenvalue weighted by Crippen LogP contribution is -2.25. The number of ketones is 1. The molecule has 11 heavy (non-hydrogen) atoms. The maximum absolute atomic E-state index is 10.7. The van der Waals surface area contributed by atoms with E-state index >= 15 is 0 Å². The number of hydrogen-bond acceptors (Lipinski definition) is 4. The molecule has 0 heterocycles. The Bertz CT molecular complexity index is 173. The van der Waals surface area contributed by atoms with Crippen LogP contribution < -0.4 is 0 Å². The summed E-state index contributed by atoms with van der Waals surface area (Å²) in [6.45, 7) is 2.96. The predicted octanol–water partition coefficient (Wildman–Crippen LogP) is -0.0464. The molecule has 0 spiro atoms. The Balaban J connectivity index is 4.14. The van der Waals surface area contributed by atoms with E-state index in [9.17, 15) is 14.4 Å². The Kier molecular flexibility index (Phi) is 4.10. The van der Waals surface area contributed by atoms with Crippen LogP contribution >= 0.6 is 0 Å². The zero-order valence-electron chi connectivity index (χ0n) is 6.49. The number of aldehydes is 1. The average molecular weight is 158 g/mol. The Morgan fingerprint density at radius 3 is 2.36 bits per heavy atom. The molecule has 0 aromatic rings. The first kappa shape index (κ1) is 9.81. The van der Waals surface area contributed by atoms with Crippen molar-refractivity contribution in [2.45, 2.75) is 13.8 Å². The summed E-state index contributed by atoms with van der Waals surface area (Å²) in [5.41, 5.74) is 0. The second kappa shape index (κ2) is 4.60. The molecule has 1 atom stereocenters. The van der Waals surface area contributed by atoms with Crippen molar-refractivity contribution < 1.29 is 19.1 Å². The second-order valence-corrected chi connectivity index (χ2v) is 1.98. The maximum Gasteiger partial charge on any atom is 0.323 e. The van der Waals surface area contributed by atoms with Gasteiger partial charge in [0.1, 0.15) is 6.29 Å². The average Bonchev–Trinajstić information content (AvgIpc) is 1.88. The third kappa shape index (κ3) is 2.93. The van der Waals surface area contributed by atoms with Gasteiger partial charge in [0.05, 0.1) is 6.61 Å². The van der Waals surface area contributed by atoms with Crippen LogP contribution in [0, 0.1) is 5.92 Å². The van der Waals surface area contributed by atoms with Gasteiger partial charge in [0, 0.05) is 0 Å². The van der Waals surface area contributed by atoms with Crippen molar-refractivity contribution in [2.24, 2.45) is 5.92 Å². The number of rotatable bonds is 4. The molecule has 0 bridgehead atoms. The van der Waals surface area contributed by atoms with Crippen LogP contribution in [0.2, 0.25) is 0 Å². The Labute approximate surface area is 64.5 Å². The highest BCUT2D eigenvalue weighted by Gasteiger charge is 2.23. The summed E-state index contributed by atoms with van der Waals surface area (Å²) in [7, 11) is 0. The highest BCUT2D eigenvalue weighted by Crippen LogP contribution is 1.97. The highest BCUT2D eigenvalue weighted by atomic mass is 16.5. The standard InChI is InChI=1S/C7H10O4/c1-3-11-7(10)6(4-8)5(2)9/h4,6H,3H2,1-2H3. The van der Waals surface area contributed by atoms with E-state index in [1.165, 1.54) is 6.92 Å². The minimum atomic E-state index is -1.24. The van der Waals surface area contributed by atoms with Gasteiger partial charge in [-0.2, -0.15) is 0 Å². The number of Topliss-reactive ketones (excluding diaryl/α,β-unsaturated/α-hetero) is 1. The van der Waals surface area contributed by atoms with Gasteiger partial charge in [-0.1, -0.05) is 0 Å². The van der Waals surface area contributed by atoms with E-state index in [2.05, 4.69) is 4.74 Å². The molecule has 0 rings (SSSR count). The lowest BCUT2D eigenvalue weighted by molar-refractivity contribution is -0.152. The minimum Gasteiger partial charge on any atom is -0.465 e. The first-order valence-corrected chi connectivity index (χ1v) is 3.25. The quantitative estimate of drug-likeness (QED) is 0.327. The zero-order chi connectivity index (χ0) is 8.85. The number of carbonyl (C=O) groups is 3. The van der Waals surface area contributed by atoms with Gasteiger partial charge in [-0.05, 0) is 13.8 Å². The van der Waals surface area contributed by atoms with Crippen molar-refractivity contribution in [3.05, 3.63) is 0 Å². The lowest BCUT2D eigenvalue weighted by Gasteiger charge is -2.04. The van der Waals surface area contributed by atoms with Gasteiger partial charge in [-0.25, -0.2) is 0 Å². The second-order valence-electron chi connectivity index (χ2n) is 1.98. The van der Waals surface area contributed by atoms with Gasteiger partial charge in [0.2, 0.25) is 0 Å². The highest BCUT2D eigenvalue weighted by molar-refractivity contribution is 6.09. The third-order valence-electron chi connectivity index (χ3n) is 1.11. The molecule has 0 radical (unpaired) electrons. The van der Waals surface area contributed by atoms with Crippen LogP contribution in [0.25, 0.3) is 0 Å². The zero-order valence-corrected chi connectivity index (χ0v) is 6.49. The van der Waals surface area contributed by atoms with Gasteiger partial charge in [-0.3, -0.25) is 9.59 Å². The first-order valence-electron chi connectivity index (χ1n) is 3.25. The first-order chi connectivity index (χ1) is 5.13. The summed E-state index contributed by atoms with van der Waals surface area (Å²) in [4.78, 5) is 31.4. The molecule has 0 aliphatic rings. The molecular formula is C7H10O4. The van der Waals surface area contributed by atoms with Crippen LogP contribution in [-0.2, 0) is 19.1 Å². The number of carbonyl (C=O) groups excluding carboxylic acids is 3. The van der Waals surface area contributed by atoms with Crippen molar-refractivity contribution in [1.29, 1.82) is 0 Å². The summed E-state index contributed by atoms with van der Waals surface area (Å²) < 4.78 is 4.47. The molecule has 0 amide bonds. The smallest absolute Gasteiger partial charge is 0.323 e. The summed E-state index contributed by atoms with van der Waals surface area (Å²) in [5, 5.41) is 0. The molecular weight excluding hydrogens is 148 g/mol. The molecule has 4 nitrogen and oxygen atoms in total. The van der Waals surface area contributed by atoms with Gasteiger partial charge >= 0.3 is 5.97 Å². The number of esters is 1. The number of hydrogen-bond donors (Lipinski definition) is 0. The summed E-state index contributed by atoms with van der Waals surface area (Å²) in [6.07, 6.45) is 0.292. The van der Waals surface area contributed by atoms with E-state index in [1.54, 1.807) is 6.92 Å². The summed E-state index contributed by atoms with van der Waals surface area (Å²) in [5.74, 6) is -2.50. The maximum atomic E-state index is 10.7. The molecule has 0 aromatic carbocycles. The molecule has 0 aliphatic carbocycles. The van der Waals surface area contributed by atoms with Crippen molar-refractivity contribution in [1.82, 2.24) is 0 Å². The third-order valence-corrected chi connectivity index (χ3v) is 1.11. The molecule has 0 fully saturated rings. The van der Waals surface area contributed by atoms with Crippen LogP contribution in [-0.4, -0.2) is 24.6 Å². The fraction of sp³-hybridized carbons (Fsp3) is 0.571. The molecule has 4 heteroatoms. The fourth-order valence-electron chi connectivity index (χ4n) is 0.549. The predicted molar refractivity (Wildman–Crippen MR) is 36.9 cm³/mol. The molecule has 0 N–H and O–H groups in total. The SMILES string of the molecule is CCOC(=O)C(C=O)C(C)=O. The summed E-state index contributed by atoms with van der Waals surface area (Å²) in [6, 6.07) is 0. The molecule has 62 valence electrons. The monoisotopic (exact) mass is 158 g/mol. The molecule has 0 saturated carbocycles. The van der Waals surface area contributed by atoms with Crippen LogP contribution in [0.1, 0.15) is 13.8 Å². The number of ether oxygens (including phenoxy) is 1. The minimum absolute atomic E-state index is 0.177. The van der Waals surface area contributed by atoms with Gasteiger partial charge in [0.15, 0.2) is 11.7 Å². The van der Waals surface area contributed by atoms with Crippen LogP contribution in [0.3, 0.4) is 0 Å². The Morgan fingerprint density at radius 2 is 2.09 bits per heavy atom. The van der Waals surface area contributed by atoms with E-state index in [1.807, 2.05) is 0 Å². The van der Waals surface area contributed by atoms with Crippen molar-refractivity contribution in [3.8, 4) is 0 Å². The normalized spacial score (nSPS) is 11.8. The van der Waals surface area contributed by atoms with Crippen molar-refractivity contribution in [2.75, 3.05) is 6.61 Å². The van der Waals surface area contributed by atoms with E-state index in [-0.39, 0.29) is 6.61 Å². The molecule has 1 unspecified atom stereocenters. The van der Waals surface area contributed by atoms with Crippen molar-refractivity contribution in [3.63, 3.8) is 0 Å². The Morgan fingerprint density at radius 1 is 1.55 bits per heavy atom. The molecule has 0 saturated heterocycles. The van der Waals surface area contributed by atoms with E-state index in [0.717, 1.165) is 0 Å². The van der Waals surface area contributed by atoms with E-state index in [4.69, 9.17) is 0 Å². The van der Waals surface area contributed by atoms with E-state index in [0.29, 0.717) is 6.29 Å². The van der Waals surface area contributed by atoms with Gasteiger partial charge in [0.25, 0.3) is 0 Å². The van der Waals surface area contributed by atoms with Gasteiger partial charge in [-0.15, -0.1) is 0 Å². The largest absolute Gasteiger partial charge is 0.465 e. The fourth-order valence-corrected chi connectivity index (χ4v) is 0.549. The van der Waals surface area contributed by atoms with Crippen LogP contribution in [0.4, 0.5) is 0 Å². The van der Waals surface area contributed by atoms with Crippen molar-refractivity contribution >= 4 is 18.0 Å². The lowest BCUT2D eigenvalue weighted by atomic mass is 10.1. The van der Waals surface area contributed by atoms with Crippen LogP contribution in [0.5, 0.6) is 0 Å². The molecule has 0 aliphatic heterocycles. The van der Waals surface area contributed by atoms with Gasteiger partial charge < -0.3 is 9.53 Å². The van der Waals surface area contributed by atoms with Crippen LogP contribution in [0.15, 0.2) is 0 Å².